The lowest BCUT2D eigenvalue weighted by atomic mass is 9.45. The molecule has 0 spiro atoms. The summed E-state index contributed by atoms with van der Waals surface area (Å²) >= 11 is 0. The molecule has 0 amide bonds. The molecule has 1 aromatic carbocycles. The molecule has 2 nitrogen and oxygen atoms in total. The van der Waals surface area contributed by atoms with Crippen LogP contribution in [0.3, 0.4) is 0 Å². The minimum Gasteiger partial charge on any atom is -0.393 e. The van der Waals surface area contributed by atoms with E-state index in [1.165, 1.54) is 56.9 Å². The summed E-state index contributed by atoms with van der Waals surface area (Å²) in [5.41, 5.74) is 2.01. The largest absolute Gasteiger partial charge is 0.393 e. The maximum Gasteiger partial charge on any atom is 0.0720 e. The molecular formula is C26H38O2. The average molecular weight is 383 g/mol. The van der Waals surface area contributed by atoms with Gasteiger partial charge < -0.3 is 9.84 Å². The normalized spacial score (nSPS) is 47.8. The number of aliphatic hydroxyl groups is 1. The van der Waals surface area contributed by atoms with Crippen molar-refractivity contribution in [1.82, 2.24) is 0 Å². The molecule has 0 saturated heterocycles. The monoisotopic (exact) mass is 382 g/mol. The van der Waals surface area contributed by atoms with E-state index in [2.05, 4.69) is 44.2 Å². The summed E-state index contributed by atoms with van der Waals surface area (Å²) in [4.78, 5) is 0. The summed E-state index contributed by atoms with van der Waals surface area (Å²) in [6, 6.07) is 10.6. The molecule has 4 fully saturated rings. The quantitative estimate of drug-likeness (QED) is 0.697. The van der Waals surface area contributed by atoms with Gasteiger partial charge in [0.05, 0.1) is 18.8 Å². The second-order valence-electron chi connectivity index (χ2n) is 11.0. The van der Waals surface area contributed by atoms with Crippen LogP contribution < -0.4 is 0 Å². The van der Waals surface area contributed by atoms with Gasteiger partial charge in [0.15, 0.2) is 0 Å². The van der Waals surface area contributed by atoms with E-state index in [9.17, 15) is 5.11 Å². The number of hydrogen-bond acceptors (Lipinski definition) is 2. The molecule has 5 rings (SSSR count). The highest BCUT2D eigenvalue weighted by atomic mass is 16.5. The zero-order valence-electron chi connectivity index (χ0n) is 17.8. The smallest absolute Gasteiger partial charge is 0.0720 e. The Hall–Kier alpha value is -0.860. The first-order valence-corrected chi connectivity index (χ1v) is 11.8. The maximum atomic E-state index is 10.6. The Labute approximate surface area is 171 Å². The van der Waals surface area contributed by atoms with Crippen molar-refractivity contribution in [3.8, 4) is 0 Å². The van der Waals surface area contributed by atoms with Crippen molar-refractivity contribution >= 4 is 0 Å². The van der Waals surface area contributed by atoms with E-state index in [4.69, 9.17) is 4.74 Å². The van der Waals surface area contributed by atoms with E-state index in [0.29, 0.717) is 11.5 Å². The number of fused-ring (bicyclic) bond motifs is 5. The van der Waals surface area contributed by atoms with Gasteiger partial charge in [-0.1, -0.05) is 44.2 Å². The summed E-state index contributed by atoms with van der Waals surface area (Å²) in [6.07, 6.45) is 11.9. The van der Waals surface area contributed by atoms with Gasteiger partial charge in [-0.3, -0.25) is 0 Å². The Kier molecular flexibility index (Phi) is 4.87. The van der Waals surface area contributed by atoms with Crippen LogP contribution in [0.25, 0.3) is 0 Å². The van der Waals surface area contributed by atoms with E-state index in [1.807, 2.05) is 0 Å². The Balaban J connectivity index is 1.26. The summed E-state index contributed by atoms with van der Waals surface area (Å²) in [7, 11) is 0. The minimum atomic E-state index is -0.0499. The zero-order valence-corrected chi connectivity index (χ0v) is 17.8. The van der Waals surface area contributed by atoms with E-state index >= 15 is 0 Å². The summed E-state index contributed by atoms with van der Waals surface area (Å²) in [6.45, 7) is 5.78. The van der Waals surface area contributed by atoms with E-state index in [-0.39, 0.29) is 11.5 Å². The van der Waals surface area contributed by atoms with Gasteiger partial charge >= 0.3 is 0 Å². The Morgan fingerprint density at radius 3 is 2.46 bits per heavy atom. The van der Waals surface area contributed by atoms with Gasteiger partial charge in [0.2, 0.25) is 0 Å². The van der Waals surface area contributed by atoms with Gasteiger partial charge in [-0.25, -0.2) is 0 Å². The SMILES string of the molecule is C[C@]12CC[C@H](OCc3ccccc3)C[C@@H]1CC[C@@H]1[C@H]3CC[C@H](O)[C@]3(C)CC[C@@H]12. The highest BCUT2D eigenvalue weighted by molar-refractivity contribution is 5.14. The van der Waals surface area contributed by atoms with Crippen LogP contribution in [0.5, 0.6) is 0 Å². The molecule has 0 bridgehead atoms. The second kappa shape index (κ2) is 7.13. The fourth-order valence-corrected chi connectivity index (χ4v) is 8.13. The molecule has 0 unspecified atom stereocenters. The molecule has 0 radical (unpaired) electrons. The number of hydrogen-bond donors (Lipinski definition) is 1. The van der Waals surface area contributed by atoms with Crippen LogP contribution in [0, 0.1) is 34.5 Å². The van der Waals surface area contributed by atoms with E-state index in [0.717, 1.165) is 36.7 Å². The van der Waals surface area contributed by atoms with Crippen LogP contribution in [0.4, 0.5) is 0 Å². The first-order chi connectivity index (χ1) is 13.5. The van der Waals surface area contributed by atoms with Gasteiger partial charge in [0.25, 0.3) is 0 Å². The molecule has 0 aromatic heterocycles. The number of benzene rings is 1. The van der Waals surface area contributed by atoms with E-state index < -0.39 is 0 Å². The fourth-order valence-electron chi connectivity index (χ4n) is 8.13. The molecule has 4 aliphatic rings. The summed E-state index contributed by atoms with van der Waals surface area (Å²) in [5.74, 6) is 3.34. The first-order valence-electron chi connectivity index (χ1n) is 11.8. The summed E-state index contributed by atoms with van der Waals surface area (Å²) < 4.78 is 6.37. The third-order valence-corrected chi connectivity index (χ3v) is 9.90. The van der Waals surface area contributed by atoms with Crippen LogP contribution in [0.1, 0.15) is 77.2 Å². The lowest BCUT2D eigenvalue weighted by molar-refractivity contribution is -0.142. The van der Waals surface area contributed by atoms with E-state index in [1.54, 1.807) is 0 Å². The zero-order chi connectivity index (χ0) is 19.4. The molecule has 2 heteroatoms. The van der Waals surface area contributed by atoms with Crippen molar-refractivity contribution in [2.45, 2.75) is 90.4 Å². The number of aliphatic hydroxyl groups excluding tert-OH is 1. The standard InChI is InChI=1S/C26H38O2/c1-25-14-12-20(28-17-18-6-4-3-5-7-18)16-19(25)8-9-21-22-10-11-24(27)26(22,2)15-13-23(21)25/h3-7,19-24,27H,8-17H2,1-2H3/t19-,20-,21+,22+,23-,24-,25-,26+/m0/s1. The Morgan fingerprint density at radius 1 is 0.893 bits per heavy atom. The van der Waals surface area contributed by atoms with Crippen molar-refractivity contribution in [1.29, 1.82) is 0 Å². The van der Waals surface area contributed by atoms with Gasteiger partial charge in [0, 0.05) is 0 Å². The van der Waals surface area contributed by atoms with Crippen LogP contribution in [-0.4, -0.2) is 17.3 Å². The topological polar surface area (TPSA) is 29.5 Å². The molecule has 8 atom stereocenters. The molecule has 1 N–H and O–H groups in total. The molecular weight excluding hydrogens is 344 g/mol. The molecule has 1 aromatic rings. The summed E-state index contributed by atoms with van der Waals surface area (Å²) in [5, 5.41) is 10.6. The van der Waals surface area contributed by atoms with Crippen molar-refractivity contribution in [2.24, 2.45) is 34.5 Å². The van der Waals surface area contributed by atoms with Crippen LogP contribution >= 0.6 is 0 Å². The van der Waals surface area contributed by atoms with Crippen LogP contribution in [0.15, 0.2) is 30.3 Å². The van der Waals surface area contributed by atoms with Gasteiger partial charge in [-0.2, -0.15) is 0 Å². The van der Waals surface area contributed by atoms with Gasteiger partial charge in [-0.05, 0) is 97.9 Å². The van der Waals surface area contributed by atoms with Crippen LogP contribution in [0.2, 0.25) is 0 Å². The molecule has 154 valence electrons. The first kappa shape index (κ1) is 19.1. The number of ether oxygens (including phenoxy) is 1. The van der Waals surface area contributed by atoms with Crippen molar-refractivity contribution in [2.75, 3.05) is 0 Å². The predicted octanol–water partition coefficient (Wildman–Crippen LogP) is 5.98. The van der Waals surface area contributed by atoms with Gasteiger partial charge in [-0.15, -0.1) is 0 Å². The second-order valence-corrected chi connectivity index (χ2v) is 11.0. The van der Waals surface area contributed by atoms with Crippen molar-refractivity contribution < 1.29 is 9.84 Å². The molecule has 4 saturated carbocycles. The number of rotatable bonds is 3. The maximum absolute atomic E-state index is 10.6. The predicted molar refractivity (Wildman–Crippen MR) is 113 cm³/mol. The third-order valence-electron chi connectivity index (χ3n) is 9.90. The lowest BCUT2D eigenvalue weighted by Crippen LogP contribution is -2.54. The molecule has 0 aliphatic heterocycles. The van der Waals surface area contributed by atoms with Crippen LogP contribution in [-0.2, 0) is 11.3 Å². The molecule has 4 aliphatic carbocycles. The molecule has 28 heavy (non-hydrogen) atoms. The minimum absolute atomic E-state index is 0.0499. The molecule has 0 heterocycles. The fraction of sp³-hybridized carbons (Fsp3) is 0.769. The Morgan fingerprint density at radius 2 is 1.64 bits per heavy atom. The van der Waals surface area contributed by atoms with Crippen molar-refractivity contribution in [3.05, 3.63) is 35.9 Å². The third kappa shape index (κ3) is 2.98. The van der Waals surface area contributed by atoms with Gasteiger partial charge in [0.1, 0.15) is 0 Å². The van der Waals surface area contributed by atoms with Crippen molar-refractivity contribution in [3.63, 3.8) is 0 Å². The average Bonchev–Trinajstić information content (AvgIpc) is 3.02. The highest BCUT2D eigenvalue weighted by Crippen LogP contribution is 2.66. The highest BCUT2D eigenvalue weighted by Gasteiger charge is 2.60. The lowest BCUT2D eigenvalue weighted by Gasteiger charge is -2.60. The Bertz CT molecular complexity index is 687.